The van der Waals surface area contributed by atoms with Crippen LogP contribution < -0.4 is 5.32 Å². The Hall–Kier alpha value is -3.17. The van der Waals surface area contributed by atoms with Crippen molar-refractivity contribution < 1.29 is 29.3 Å². The van der Waals surface area contributed by atoms with E-state index in [0.29, 0.717) is 12.3 Å². The molecule has 1 aliphatic heterocycles. The molecule has 0 aliphatic carbocycles. The van der Waals surface area contributed by atoms with Crippen molar-refractivity contribution in [1.29, 1.82) is 0 Å². The molecule has 4 rings (SSSR count). The zero-order chi connectivity index (χ0) is 26.4. The Balaban J connectivity index is 1.53. The SMILES string of the molecule is CC(=O)NCc1ccc([C@H]2O[C@@H](CSc3ccc(C(=O)O)cc3)[C@@H](C)[C@@H](c3ccc(CO)cc3)O2)cc1. The van der Waals surface area contributed by atoms with E-state index in [-0.39, 0.29) is 36.2 Å². The van der Waals surface area contributed by atoms with E-state index in [2.05, 4.69) is 12.2 Å². The lowest BCUT2D eigenvalue weighted by atomic mass is 9.91. The van der Waals surface area contributed by atoms with Crippen LogP contribution in [0, 0.1) is 5.92 Å². The van der Waals surface area contributed by atoms with E-state index in [4.69, 9.17) is 14.6 Å². The number of carboxylic acids is 1. The maximum Gasteiger partial charge on any atom is 0.335 e. The molecule has 0 spiro atoms. The summed E-state index contributed by atoms with van der Waals surface area (Å²) in [5.41, 5.74) is 3.98. The normalized spacial score (nSPS) is 21.4. The van der Waals surface area contributed by atoms with Crippen LogP contribution in [0.5, 0.6) is 0 Å². The van der Waals surface area contributed by atoms with Gasteiger partial charge in [-0.1, -0.05) is 55.5 Å². The smallest absolute Gasteiger partial charge is 0.335 e. The minimum Gasteiger partial charge on any atom is -0.478 e. The van der Waals surface area contributed by atoms with Gasteiger partial charge < -0.3 is 25.0 Å². The summed E-state index contributed by atoms with van der Waals surface area (Å²) in [6.45, 7) is 4.04. The van der Waals surface area contributed by atoms with Crippen LogP contribution in [0.3, 0.4) is 0 Å². The van der Waals surface area contributed by atoms with Gasteiger partial charge in [-0.3, -0.25) is 4.79 Å². The van der Waals surface area contributed by atoms with Crippen molar-refractivity contribution >= 4 is 23.6 Å². The topological polar surface area (TPSA) is 105 Å². The zero-order valence-electron chi connectivity index (χ0n) is 20.8. The van der Waals surface area contributed by atoms with Gasteiger partial charge in [-0.2, -0.15) is 0 Å². The van der Waals surface area contributed by atoms with Crippen molar-refractivity contribution in [2.75, 3.05) is 5.75 Å². The molecule has 1 saturated heterocycles. The van der Waals surface area contributed by atoms with Crippen LogP contribution in [0.15, 0.2) is 77.7 Å². The van der Waals surface area contributed by atoms with Gasteiger partial charge in [0.25, 0.3) is 0 Å². The van der Waals surface area contributed by atoms with Crippen LogP contribution in [-0.4, -0.2) is 33.9 Å². The molecule has 194 valence electrons. The number of carbonyl (C=O) groups excluding carboxylic acids is 1. The van der Waals surface area contributed by atoms with Crippen LogP contribution in [0.4, 0.5) is 0 Å². The van der Waals surface area contributed by atoms with Crippen LogP contribution in [0.1, 0.15) is 58.9 Å². The number of rotatable bonds is 9. The van der Waals surface area contributed by atoms with Crippen molar-refractivity contribution in [2.45, 2.75) is 50.4 Å². The molecule has 0 bridgehead atoms. The molecule has 3 aromatic carbocycles. The molecule has 0 aromatic heterocycles. The van der Waals surface area contributed by atoms with Gasteiger partial charge in [0, 0.05) is 35.6 Å². The molecule has 0 radical (unpaired) electrons. The highest BCUT2D eigenvalue weighted by atomic mass is 32.2. The molecule has 3 N–H and O–H groups in total. The number of carbonyl (C=O) groups is 2. The van der Waals surface area contributed by atoms with Crippen LogP contribution in [0.2, 0.25) is 0 Å². The van der Waals surface area contributed by atoms with Crippen molar-refractivity contribution in [3.05, 3.63) is 101 Å². The standard InChI is InChI=1S/C29H31NO6S/c1-18-26(17-37-25-13-11-23(12-14-25)28(33)34)35-29(24-9-3-20(4-10-24)15-30-19(2)32)36-27(18)22-7-5-21(16-31)6-8-22/h3-14,18,26-27,29,31H,15-17H2,1-2H3,(H,30,32)(H,33,34)/t18-,26+,27+,29+/m1/s1. The summed E-state index contributed by atoms with van der Waals surface area (Å²) in [7, 11) is 0. The largest absolute Gasteiger partial charge is 0.478 e. The first-order chi connectivity index (χ1) is 17.8. The van der Waals surface area contributed by atoms with Gasteiger partial charge in [0.05, 0.1) is 24.4 Å². The average Bonchev–Trinajstić information content (AvgIpc) is 2.92. The number of benzene rings is 3. The van der Waals surface area contributed by atoms with Gasteiger partial charge in [-0.05, 0) is 41.0 Å². The highest BCUT2D eigenvalue weighted by Crippen LogP contribution is 2.43. The fourth-order valence-electron chi connectivity index (χ4n) is 4.20. The van der Waals surface area contributed by atoms with E-state index in [0.717, 1.165) is 27.1 Å². The quantitative estimate of drug-likeness (QED) is 0.337. The number of ether oxygens (including phenoxy) is 2. The first-order valence-corrected chi connectivity index (χ1v) is 13.1. The number of hydrogen-bond acceptors (Lipinski definition) is 6. The maximum absolute atomic E-state index is 11.2. The Kier molecular flexibility index (Phi) is 9.00. The highest BCUT2D eigenvalue weighted by Gasteiger charge is 2.38. The molecular weight excluding hydrogens is 490 g/mol. The molecule has 1 fully saturated rings. The second kappa shape index (κ2) is 12.4. The van der Waals surface area contributed by atoms with E-state index in [9.17, 15) is 14.7 Å². The van der Waals surface area contributed by atoms with Crippen molar-refractivity contribution in [3.8, 4) is 0 Å². The molecule has 8 heteroatoms. The number of hydrogen-bond donors (Lipinski definition) is 3. The van der Waals surface area contributed by atoms with Crippen LogP contribution >= 0.6 is 11.8 Å². The van der Waals surface area contributed by atoms with Crippen molar-refractivity contribution in [1.82, 2.24) is 5.32 Å². The Morgan fingerprint density at radius 3 is 2.11 bits per heavy atom. The van der Waals surface area contributed by atoms with Gasteiger partial charge in [0.1, 0.15) is 0 Å². The lowest BCUT2D eigenvalue weighted by Crippen LogP contribution is -2.38. The Labute approximate surface area is 220 Å². The third kappa shape index (κ3) is 6.99. The molecule has 1 amide bonds. The van der Waals surface area contributed by atoms with Crippen molar-refractivity contribution in [2.24, 2.45) is 5.92 Å². The summed E-state index contributed by atoms with van der Waals surface area (Å²) < 4.78 is 12.9. The summed E-state index contributed by atoms with van der Waals surface area (Å²) in [5.74, 6) is -0.316. The number of nitrogens with one attached hydrogen (secondary N) is 1. The molecule has 7 nitrogen and oxygen atoms in total. The Bertz CT molecular complexity index is 1200. The molecule has 0 saturated carbocycles. The second-order valence-electron chi connectivity index (χ2n) is 9.11. The van der Waals surface area contributed by atoms with E-state index in [1.165, 1.54) is 6.92 Å². The van der Waals surface area contributed by atoms with E-state index < -0.39 is 12.3 Å². The fraction of sp³-hybridized carbons (Fsp3) is 0.310. The summed E-state index contributed by atoms with van der Waals surface area (Å²) in [6, 6.07) is 22.4. The Morgan fingerprint density at radius 2 is 1.51 bits per heavy atom. The number of carboxylic acid groups (broad SMARTS) is 1. The van der Waals surface area contributed by atoms with Gasteiger partial charge in [0.2, 0.25) is 5.91 Å². The third-order valence-electron chi connectivity index (χ3n) is 6.43. The van der Waals surface area contributed by atoms with E-state index in [1.807, 2.05) is 60.7 Å². The third-order valence-corrected chi connectivity index (χ3v) is 7.53. The molecule has 1 heterocycles. The predicted molar refractivity (Wildman–Crippen MR) is 141 cm³/mol. The van der Waals surface area contributed by atoms with Crippen LogP contribution in [-0.2, 0) is 27.4 Å². The monoisotopic (exact) mass is 521 g/mol. The lowest BCUT2D eigenvalue weighted by molar-refractivity contribution is -0.268. The minimum atomic E-state index is -0.945. The van der Waals surface area contributed by atoms with Gasteiger partial charge in [-0.15, -0.1) is 11.8 Å². The summed E-state index contributed by atoms with van der Waals surface area (Å²) in [5, 5.41) is 21.4. The first-order valence-electron chi connectivity index (χ1n) is 12.1. The number of aromatic carboxylic acids is 1. The number of thioether (sulfide) groups is 1. The van der Waals surface area contributed by atoms with Gasteiger partial charge in [-0.25, -0.2) is 4.79 Å². The van der Waals surface area contributed by atoms with Crippen LogP contribution in [0.25, 0.3) is 0 Å². The molecule has 1 aliphatic rings. The minimum absolute atomic E-state index is 0.0160. The van der Waals surface area contributed by atoms with Gasteiger partial charge in [0.15, 0.2) is 6.29 Å². The molecular formula is C29H31NO6S. The first kappa shape index (κ1) is 26.9. The average molecular weight is 522 g/mol. The summed E-state index contributed by atoms with van der Waals surface area (Å²) in [6.07, 6.45) is -0.927. The predicted octanol–water partition coefficient (Wildman–Crippen LogP) is 5.10. The zero-order valence-corrected chi connectivity index (χ0v) is 21.6. The summed E-state index contributed by atoms with van der Waals surface area (Å²) >= 11 is 1.62. The maximum atomic E-state index is 11.2. The Morgan fingerprint density at radius 1 is 0.892 bits per heavy atom. The number of aliphatic hydroxyl groups excluding tert-OH is 1. The van der Waals surface area contributed by atoms with E-state index in [1.54, 1.807) is 23.9 Å². The van der Waals surface area contributed by atoms with Gasteiger partial charge >= 0.3 is 5.97 Å². The summed E-state index contributed by atoms with van der Waals surface area (Å²) in [4.78, 5) is 23.4. The lowest BCUT2D eigenvalue weighted by Gasteiger charge is -2.41. The highest BCUT2D eigenvalue weighted by molar-refractivity contribution is 7.99. The number of amides is 1. The van der Waals surface area contributed by atoms with Crippen molar-refractivity contribution in [3.63, 3.8) is 0 Å². The van der Waals surface area contributed by atoms with E-state index >= 15 is 0 Å². The molecule has 3 aromatic rings. The number of aliphatic hydroxyl groups is 1. The molecule has 37 heavy (non-hydrogen) atoms. The molecule has 4 atom stereocenters. The second-order valence-corrected chi connectivity index (χ2v) is 10.2. The molecule has 0 unspecified atom stereocenters. The fourth-order valence-corrected chi connectivity index (χ4v) is 5.27.